The van der Waals surface area contributed by atoms with Crippen LogP contribution in [-0.4, -0.2) is 11.5 Å². The molecule has 0 spiro atoms. The summed E-state index contributed by atoms with van der Waals surface area (Å²) in [6.07, 6.45) is 0.607. The van der Waals surface area contributed by atoms with Crippen molar-refractivity contribution in [1.29, 1.82) is 0 Å². The highest BCUT2D eigenvalue weighted by molar-refractivity contribution is 7.09. The van der Waals surface area contributed by atoms with E-state index >= 15 is 0 Å². The highest BCUT2D eigenvalue weighted by atomic mass is 32.1. The zero-order valence-corrected chi connectivity index (χ0v) is 10.5. The lowest BCUT2D eigenvalue weighted by atomic mass is 9.99. The first kappa shape index (κ1) is 12.2. The van der Waals surface area contributed by atoms with Gasteiger partial charge in [0, 0.05) is 23.5 Å². The van der Waals surface area contributed by atoms with E-state index in [2.05, 4.69) is 4.98 Å². The lowest BCUT2D eigenvalue weighted by Crippen LogP contribution is -2.15. The van der Waals surface area contributed by atoms with Crippen molar-refractivity contribution in [1.82, 2.24) is 4.98 Å². The fourth-order valence-electron chi connectivity index (χ4n) is 1.76. The van der Waals surface area contributed by atoms with Crippen LogP contribution >= 0.6 is 11.3 Å². The van der Waals surface area contributed by atoms with Crippen molar-refractivity contribution in [3.8, 4) is 0 Å². The van der Waals surface area contributed by atoms with Gasteiger partial charge < -0.3 is 5.73 Å². The van der Waals surface area contributed by atoms with Crippen LogP contribution in [0.4, 0.5) is 4.39 Å². The molecule has 1 atom stereocenters. The third-order valence-electron chi connectivity index (χ3n) is 2.69. The molecule has 0 radical (unpaired) electrons. The summed E-state index contributed by atoms with van der Waals surface area (Å²) in [6, 6.07) is 6.83. The average Bonchev–Trinajstić information content (AvgIpc) is 2.75. The molecule has 2 nitrogen and oxygen atoms in total. The molecule has 2 rings (SSSR count). The maximum absolute atomic E-state index is 13.5. The van der Waals surface area contributed by atoms with E-state index in [0.29, 0.717) is 18.5 Å². The van der Waals surface area contributed by atoms with E-state index < -0.39 is 0 Å². The minimum absolute atomic E-state index is 0.102. The highest BCUT2D eigenvalue weighted by Crippen LogP contribution is 2.24. The molecular formula is C13H15FN2S. The van der Waals surface area contributed by atoms with Crippen LogP contribution in [0.3, 0.4) is 0 Å². The van der Waals surface area contributed by atoms with Gasteiger partial charge in [-0.25, -0.2) is 9.37 Å². The molecule has 0 bridgehead atoms. The molecule has 0 saturated heterocycles. The Labute approximate surface area is 104 Å². The lowest BCUT2D eigenvalue weighted by Gasteiger charge is -2.12. The number of rotatable bonds is 4. The molecule has 17 heavy (non-hydrogen) atoms. The topological polar surface area (TPSA) is 38.9 Å². The number of aromatic nitrogens is 1. The monoisotopic (exact) mass is 250 g/mol. The van der Waals surface area contributed by atoms with E-state index in [4.69, 9.17) is 5.73 Å². The van der Waals surface area contributed by atoms with Gasteiger partial charge in [0.1, 0.15) is 5.82 Å². The first-order chi connectivity index (χ1) is 8.20. The smallest absolute Gasteiger partial charge is 0.126 e. The molecule has 0 aliphatic rings. The number of aryl methyl sites for hydroxylation is 1. The number of nitrogens with two attached hydrogens (primary N) is 1. The van der Waals surface area contributed by atoms with Crippen LogP contribution in [0.5, 0.6) is 0 Å². The molecule has 1 unspecified atom stereocenters. The summed E-state index contributed by atoms with van der Waals surface area (Å²) in [7, 11) is 0. The molecule has 2 N–H and O–H groups in total. The minimum Gasteiger partial charge on any atom is -0.330 e. The van der Waals surface area contributed by atoms with Gasteiger partial charge in [-0.2, -0.15) is 0 Å². The maximum atomic E-state index is 13.5. The second-order valence-electron chi connectivity index (χ2n) is 4.06. The van der Waals surface area contributed by atoms with Crippen molar-refractivity contribution in [3.05, 3.63) is 51.7 Å². The van der Waals surface area contributed by atoms with Gasteiger partial charge in [-0.3, -0.25) is 0 Å². The van der Waals surface area contributed by atoms with Crippen molar-refractivity contribution in [2.45, 2.75) is 19.3 Å². The number of hydrogen-bond acceptors (Lipinski definition) is 3. The van der Waals surface area contributed by atoms with Crippen LogP contribution in [0, 0.1) is 12.7 Å². The van der Waals surface area contributed by atoms with E-state index in [9.17, 15) is 4.39 Å². The molecule has 0 aliphatic heterocycles. The van der Waals surface area contributed by atoms with Crippen LogP contribution in [0.1, 0.15) is 22.2 Å². The van der Waals surface area contributed by atoms with E-state index in [1.807, 2.05) is 18.4 Å². The fraction of sp³-hybridized carbons (Fsp3) is 0.308. The third kappa shape index (κ3) is 2.90. The molecule has 1 heterocycles. The first-order valence-corrected chi connectivity index (χ1v) is 6.44. The number of benzene rings is 1. The lowest BCUT2D eigenvalue weighted by molar-refractivity contribution is 0.589. The Hall–Kier alpha value is -1.26. The molecular weight excluding hydrogens is 235 g/mol. The van der Waals surface area contributed by atoms with Crippen LogP contribution in [0.15, 0.2) is 29.6 Å². The Balaban J connectivity index is 2.18. The van der Waals surface area contributed by atoms with Crippen LogP contribution in [0.25, 0.3) is 0 Å². The normalized spacial score (nSPS) is 12.6. The van der Waals surface area contributed by atoms with Crippen LogP contribution < -0.4 is 5.73 Å². The van der Waals surface area contributed by atoms with Crippen LogP contribution in [-0.2, 0) is 6.42 Å². The van der Waals surface area contributed by atoms with Crippen molar-refractivity contribution >= 4 is 11.3 Å². The molecule has 90 valence electrons. The van der Waals surface area contributed by atoms with E-state index in [1.165, 1.54) is 6.07 Å². The van der Waals surface area contributed by atoms with E-state index in [1.54, 1.807) is 23.5 Å². The molecule has 4 heteroatoms. The third-order valence-corrected chi connectivity index (χ3v) is 3.82. The molecule has 0 amide bonds. The summed E-state index contributed by atoms with van der Waals surface area (Å²) in [5, 5.41) is 2.99. The van der Waals surface area contributed by atoms with Crippen molar-refractivity contribution in [2.24, 2.45) is 5.73 Å². The van der Waals surface area contributed by atoms with Gasteiger partial charge in [0.15, 0.2) is 0 Å². The predicted molar refractivity (Wildman–Crippen MR) is 68.8 cm³/mol. The summed E-state index contributed by atoms with van der Waals surface area (Å²) in [5.74, 6) is -0.0650. The second kappa shape index (κ2) is 5.38. The van der Waals surface area contributed by atoms with Crippen molar-refractivity contribution < 1.29 is 4.39 Å². The highest BCUT2D eigenvalue weighted by Gasteiger charge is 2.15. The second-order valence-corrected chi connectivity index (χ2v) is 4.94. The SMILES string of the molecule is Cc1csc(C(CN)Cc2ccccc2F)n1. The first-order valence-electron chi connectivity index (χ1n) is 5.56. The van der Waals surface area contributed by atoms with Crippen molar-refractivity contribution in [2.75, 3.05) is 6.54 Å². The molecule has 2 aromatic rings. The predicted octanol–water partition coefficient (Wildman–Crippen LogP) is 2.88. The summed E-state index contributed by atoms with van der Waals surface area (Å²) in [5.41, 5.74) is 7.46. The Morgan fingerprint density at radius 1 is 1.41 bits per heavy atom. The van der Waals surface area contributed by atoms with Gasteiger partial charge in [-0.05, 0) is 25.0 Å². The molecule has 0 saturated carbocycles. The molecule has 0 aliphatic carbocycles. The van der Waals surface area contributed by atoms with Gasteiger partial charge >= 0.3 is 0 Å². The number of thiazole rings is 1. The van der Waals surface area contributed by atoms with E-state index in [0.717, 1.165) is 10.7 Å². The number of halogens is 1. The fourth-order valence-corrected chi connectivity index (χ4v) is 2.67. The maximum Gasteiger partial charge on any atom is 0.126 e. The quantitative estimate of drug-likeness (QED) is 0.906. The standard InChI is InChI=1S/C13H15FN2S/c1-9-8-17-13(16-9)11(7-15)6-10-4-2-3-5-12(10)14/h2-5,8,11H,6-7,15H2,1H3. The van der Waals surface area contributed by atoms with Crippen molar-refractivity contribution in [3.63, 3.8) is 0 Å². The zero-order chi connectivity index (χ0) is 12.3. The van der Waals surface area contributed by atoms with E-state index in [-0.39, 0.29) is 11.7 Å². The largest absolute Gasteiger partial charge is 0.330 e. The average molecular weight is 250 g/mol. The Bertz CT molecular complexity index is 496. The summed E-state index contributed by atoms with van der Waals surface area (Å²) in [6.45, 7) is 2.44. The summed E-state index contributed by atoms with van der Waals surface area (Å²) < 4.78 is 13.5. The summed E-state index contributed by atoms with van der Waals surface area (Å²) in [4.78, 5) is 4.42. The summed E-state index contributed by atoms with van der Waals surface area (Å²) >= 11 is 1.59. The van der Waals surface area contributed by atoms with Gasteiger partial charge in [-0.1, -0.05) is 18.2 Å². The molecule has 1 aromatic carbocycles. The number of nitrogens with zero attached hydrogens (tertiary/aromatic N) is 1. The Kier molecular flexibility index (Phi) is 3.86. The Morgan fingerprint density at radius 3 is 2.76 bits per heavy atom. The molecule has 0 fully saturated rings. The zero-order valence-electron chi connectivity index (χ0n) is 9.69. The van der Waals surface area contributed by atoms with Crippen LogP contribution in [0.2, 0.25) is 0 Å². The van der Waals surface area contributed by atoms with Gasteiger partial charge in [0.05, 0.1) is 5.01 Å². The Morgan fingerprint density at radius 2 is 2.18 bits per heavy atom. The number of hydrogen-bond donors (Lipinski definition) is 1. The van der Waals surface area contributed by atoms with Gasteiger partial charge in [0.2, 0.25) is 0 Å². The van der Waals surface area contributed by atoms with Gasteiger partial charge in [-0.15, -0.1) is 11.3 Å². The van der Waals surface area contributed by atoms with Gasteiger partial charge in [0.25, 0.3) is 0 Å². The molecule has 1 aromatic heterocycles. The minimum atomic E-state index is -0.167.